The second-order valence-electron chi connectivity index (χ2n) is 7.09. The summed E-state index contributed by atoms with van der Waals surface area (Å²) in [6.07, 6.45) is 4.22. The largest absolute Gasteiger partial charge is 0.325 e. The van der Waals surface area contributed by atoms with Crippen molar-refractivity contribution in [2.24, 2.45) is 7.05 Å². The number of aromatic nitrogens is 2. The Morgan fingerprint density at radius 3 is 2.79 bits per heavy atom. The number of amides is 1. The zero-order valence-electron chi connectivity index (χ0n) is 16.3. The number of ketones is 1. The SMILES string of the molecule is CC(=O)c1ccccc1NC(=O)CSc1nc2sc3c(c2c(=O)n1C)CCCC3. The van der Waals surface area contributed by atoms with Gasteiger partial charge in [0, 0.05) is 17.5 Å². The lowest BCUT2D eigenvalue weighted by Crippen LogP contribution is -2.22. The van der Waals surface area contributed by atoms with Crippen LogP contribution in [0.15, 0.2) is 34.2 Å². The van der Waals surface area contributed by atoms with E-state index in [1.807, 2.05) is 0 Å². The van der Waals surface area contributed by atoms with Gasteiger partial charge in [-0.05, 0) is 50.3 Å². The second kappa shape index (κ2) is 8.12. The van der Waals surface area contributed by atoms with Crippen LogP contribution in [-0.4, -0.2) is 27.0 Å². The minimum Gasteiger partial charge on any atom is -0.325 e. The van der Waals surface area contributed by atoms with Gasteiger partial charge in [-0.1, -0.05) is 23.9 Å². The van der Waals surface area contributed by atoms with E-state index < -0.39 is 0 Å². The lowest BCUT2D eigenvalue weighted by atomic mass is 9.97. The minimum absolute atomic E-state index is 0.0424. The molecule has 1 aliphatic carbocycles. The van der Waals surface area contributed by atoms with Gasteiger partial charge >= 0.3 is 0 Å². The van der Waals surface area contributed by atoms with Crippen LogP contribution >= 0.6 is 23.1 Å². The molecule has 3 aromatic rings. The number of hydrogen-bond donors (Lipinski definition) is 1. The maximum Gasteiger partial charge on any atom is 0.262 e. The summed E-state index contributed by atoms with van der Waals surface area (Å²) in [5, 5.41) is 4.05. The Hall–Kier alpha value is -2.45. The molecule has 0 radical (unpaired) electrons. The van der Waals surface area contributed by atoms with Crippen molar-refractivity contribution in [3.05, 3.63) is 50.6 Å². The molecule has 2 aromatic heterocycles. The Kier molecular flexibility index (Phi) is 5.56. The first-order chi connectivity index (χ1) is 14.0. The third kappa shape index (κ3) is 3.86. The standard InChI is InChI=1S/C21H21N3O3S2/c1-12(25)13-7-3-5-9-15(13)22-17(26)11-28-21-23-19-18(20(27)24(21)2)14-8-4-6-10-16(14)29-19/h3,5,7,9H,4,6,8,10-11H2,1-2H3,(H,22,26). The number of nitrogens with one attached hydrogen (secondary N) is 1. The van der Waals surface area contributed by atoms with Gasteiger partial charge in [0.15, 0.2) is 10.9 Å². The molecule has 6 nitrogen and oxygen atoms in total. The van der Waals surface area contributed by atoms with Crippen LogP contribution in [0, 0.1) is 0 Å². The Morgan fingerprint density at radius 1 is 1.24 bits per heavy atom. The quantitative estimate of drug-likeness (QED) is 0.380. The van der Waals surface area contributed by atoms with Gasteiger partial charge in [-0.2, -0.15) is 0 Å². The number of hydrogen-bond acceptors (Lipinski definition) is 6. The number of carbonyl (C=O) groups excluding carboxylic acids is 2. The number of thioether (sulfide) groups is 1. The maximum atomic E-state index is 12.9. The minimum atomic E-state index is -0.247. The molecule has 4 rings (SSSR count). The van der Waals surface area contributed by atoms with Crippen molar-refractivity contribution >= 4 is 50.7 Å². The first-order valence-electron chi connectivity index (χ1n) is 9.49. The molecular formula is C21H21N3O3S2. The van der Waals surface area contributed by atoms with Crippen LogP contribution in [-0.2, 0) is 24.7 Å². The molecule has 0 atom stereocenters. The number of fused-ring (bicyclic) bond motifs is 3. The monoisotopic (exact) mass is 427 g/mol. The lowest BCUT2D eigenvalue weighted by molar-refractivity contribution is -0.113. The molecular weight excluding hydrogens is 406 g/mol. The van der Waals surface area contributed by atoms with Crippen molar-refractivity contribution in [1.82, 2.24) is 9.55 Å². The van der Waals surface area contributed by atoms with Crippen LogP contribution in [0.5, 0.6) is 0 Å². The number of thiophene rings is 1. The van der Waals surface area contributed by atoms with Gasteiger partial charge < -0.3 is 5.32 Å². The fourth-order valence-electron chi connectivity index (χ4n) is 3.61. The fraction of sp³-hybridized carbons (Fsp3) is 0.333. The predicted molar refractivity (Wildman–Crippen MR) is 117 cm³/mol. The molecule has 0 saturated carbocycles. The lowest BCUT2D eigenvalue weighted by Gasteiger charge is -2.11. The highest BCUT2D eigenvalue weighted by atomic mass is 32.2. The van der Waals surface area contributed by atoms with E-state index in [0.717, 1.165) is 35.9 Å². The van der Waals surface area contributed by atoms with E-state index in [4.69, 9.17) is 0 Å². The number of para-hydroxylation sites is 1. The molecule has 0 aliphatic heterocycles. The normalized spacial score (nSPS) is 13.3. The Bertz CT molecular complexity index is 1180. The van der Waals surface area contributed by atoms with Crippen molar-refractivity contribution in [2.45, 2.75) is 37.8 Å². The van der Waals surface area contributed by atoms with Gasteiger partial charge in [0.2, 0.25) is 5.91 Å². The maximum absolute atomic E-state index is 12.9. The fourth-order valence-corrected chi connectivity index (χ4v) is 5.69. The van der Waals surface area contributed by atoms with Gasteiger partial charge in [-0.15, -0.1) is 11.3 Å². The first-order valence-corrected chi connectivity index (χ1v) is 11.3. The highest BCUT2D eigenvalue weighted by Crippen LogP contribution is 2.34. The van der Waals surface area contributed by atoms with Crippen LogP contribution in [0.4, 0.5) is 5.69 Å². The van der Waals surface area contributed by atoms with Crippen LogP contribution in [0.2, 0.25) is 0 Å². The highest BCUT2D eigenvalue weighted by Gasteiger charge is 2.21. The number of nitrogens with zero attached hydrogens (tertiary/aromatic N) is 2. The van der Waals surface area contributed by atoms with Crippen LogP contribution in [0.25, 0.3) is 10.2 Å². The molecule has 0 fully saturated rings. The number of benzene rings is 1. The van der Waals surface area contributed by atoms with Gasteiger partial charge in [0.1, 0.15) is 4.83 Å². The molecule has 0 unspecified atom stereocenters. The first kappa shape index (κ1) is 19.8. The topological polar surface area (TPSA) is 81.1 Å². The van der Waals surface area contributed by atoms with Crippen molar-refractivity contribution in [1.29, 1.82) is 0 Å². The summed E-state index contributed by atoms with van der Waals surface area (Å²) in [6.45, 7) is 1.47. The Morgan fingerprint density at radius 2 is 2.00 bits per heavy atom. The van der Waals surface area contributed by atoms with Crippen LogP contribution in [0.3, 0.4) is 0 Å². The second-order valence-corrected chi connectivity index (χ2v) is 9.11. The summed E-state index contributed by atoms with van der Waals surface area (Å²) in [7, 11) is 1.70. The molecule has 1 aromatic carbocycles. The molecule has 150 valence electrons. The van der Waals surface area contributed by atoms with E-state index in [0.29, 0.717) is 16.4 Å². The zero-order chi connectivity index (χ0) is 20.5. The van der Waals surface area contributed by atoms with E-state index in [2.05, 4.69) is 10.3 Å². The number of anilines is 1. The van der Waals surface area contributed by atoms with Gasteiger partial charge in [-0.25, -0.2) is 4.98 Å². The summed E-state index contributed by atoms with van der Waals surface area (Å²) < 4.78 is 1.53. The molecule has 8 heteroatoms. The average Bonchev–Trinajstić information content (AvgIpc) is 3.08. The third-order valence-corrected chi connectivity index (χ3v) is 7.28. The summed E-state index contributed by atoms with van der Waals surface area (Å²) in [6, 6.07) is 6.92. The highest BCUT2D eigenvalue weighted by molar-refractivity contribution is 7.99. The van der Waals surface area contributed by atoms with Gasteiger partial charge in [-0.3, -0.25) is 19.0 Å². The smallest absolute Gasteiger partial charge is 0.262 e. The van der Waals surface area contributed by atoms with E-state index >= 15 is 0 Å². The summed E-state index contributed by atoms with van der Waals surface area (Å²) in [4.78, 5) is 43.8. The molecule has 1 aliphatic rings. The number of rotatable bonds is 5. The molecule has 2 heterocycles. The Balaban J connectivity index is 1.54. The van der Waals surface area contributed by atoms with Gasteiger partial charge in [0.25, 0.3) is 5.56 Å². The third-order valence-electron chi connectivity index (χ3n) is 5.07. The molecule has 1 amide bonds. The zero-order valence-corrected chi connectivity index (χ0v) is 17.9. The molecule has 0 bridgehead atoms. The summed E-state index contributed by atoms with van der Waals surface area (Å²) >= 11 is 2.83. The number of Topliss-reactive ketones (excluding diaryl/α,β-unsaturated/α-hetero) is 1. The van der Waals surface area contributed by atoms with Crippen LogP contribution in [0.1, 0.15) is 40.6 Å². The average molecular weight is 428 g/mol. The summed E-state index contributed by atoms with van der Waals surface area (Å²) in [5.41, 5.74) is 2.09. The van der Waals surface area contributed by atoms with Crippen molar-refractivity contribution in [3.8, 4) is 0 Å². The van der Waals surface area contributed by atoms with Crippen molar-refractivity contribution in [2.75, 3.05) is 11.1 Å². The van der Waals surface area contributed by atoms with Crippen molar-refractivity contribution in [3.63, 3.8) is 0 Å². The Labute approximate surface area is 176 Å². The number of aryl methyl sites for hydroxylation is 2. The molecule has 0 spiro atoms. The van der Waals surface area contributed by atoms with Crippen LogP contribution < -0.4 is 10.9 Å². The molecule has 29 heavy (non-hydrogen) atoms. The van der Waals surface area contributed by atoms with E-state index in [1.165, 1.54) is 33.7 Å². The van der Waals surface area contributed by atoms with Gasteiger partial charge in [0.05, 0.1) is 16.8 Å². The van der Waals surface area contributed by atoms with E-state index in [9.17, 15) is 14.4 Å². The summed E-state index contributed by atoms with van der Waals surface area (Å²) in [5.74, 6) is -0.253. The molecule has 1 N–H and O–H groups in total. The predicted octanol–water partition coefficient (Wildman–Crippen LogP) is 3.81. The van der Waals surface area contributed by atoms with Crippen molar-refractivity contribution < 1.29 is 9.59 Å². The number of carbonyl (C=O) groups is 2. The van der Waals surface area contributed by atoms with E-state index in [1.54, 1.807) is 42.6 Å². The molecule has 0 saturated heterocycles. The van der Waals surface area contributed by atoms with E-state index in [-0.39, 0.29) is 23.0 Å².